The number of thioether (sulfide) groups is 1. The minimum Gasteiger partial charge on any atom is -0.494 e. The van der Waals surface area contributed by atoms with Crippen LogP contribution in [0.4, 0.5) is 5.69 Å². The molecule has 3 nitrogen and oxygen atoms in total. The van der Waals surface area contributed by atoms with Crippen molar-refractivity contribution in [3.63, 3.8) is 0 Å². The summed E-state index contributed by atoms with van der Waals surface area (Å²) in [6.07, 6.45) is 9.28. The number of carbonyl (C=O) groups excluding carboxylic acids is 1. The number of amides is 1. The van der Waals surface area contributed by atoms with Gasteiger partial charge in [-0.3, -0.25) is 9.69 Å². The second kappa shape index (κ2) is 11.9. The maximum atomic E-state index is 12.9. The van der Waals surface area contributed by atoms with E-state index in [1.165, 1.54) is 48.8 Å². The topological polar surface area (TPSA) is 29.5 Å². The third kappa shape index (κ3) is 6.72. The second-order valence-electron chi connectivity index (χ2n) is 7.30. The SMILES string of the molecule is CCCCCCCCOc1ccc(C=C2SC(=S)N(c3ccc(Cl)c(Cl)c3)C2=O)cc1. The van der Waals surface area contributed by atoms with Crippen molar-refractivity contribution in [2.24, 2.45) is 0 Å². The average molecular weight is 495 g/mol. The molecule has 0 bridgehead atoms. The molecule has 3 rings (SSSR count). The van der Waals surface area contributed by atoms with Gasteiger partial charge in [0.25, 0.3) is 5.91 Å². The van der Waals surface area contributed by atoms with Crippen molar-refractivity contribution < 1.29 is 9.53 Å². The highest BCUT2D eigenvalue weighted by atomic mass is 35.5. The second-order valence-corrected chi connectivity index (χ2v) is 9.79. The van der Waals surface area contributed by atoms with Gasteiger partial charge in [-0.15, -0.1) is 0 Å². The summed E-state index contributed by atoms with van der Waals surface area (Å²) >= 11 is 18.8. The van der Waals surface area contributed by atoms with Crippen LogP contribution >= 0.6 is 47.2 Å². The molecule has 1 heterocycles. The number of thiocarbonyl (C=S) groups is 1. The van der Waals surface area contributed by atoms with E-state index in [1.54, 1.807) is 18.2 Å². The van der Waals surface area contributed by atoms with E-state index < -0.39 is 0 Å². The number of benzene rings is 2. The zero-order valence-corrected chi connectivity index (χ0v) is 20.5. The molecule has 0 radical (unpaired) electrons. The van der Waals surface area contributed by atoms with Crippen molar-refractivity contribution in [3.8, 4) is 5.75 Å². The number of nitrogens with zero attached hydrogens (tertiary/aromatic N) is 1. The van der Waals surface area contributed by atoms with Gasteiger partial charge in [-0.05, 0) is 48.4 Å². The molecule has 0 aromatic heterocycles. The van der Waals surface area contributed by atoms with Gasteiger partial charge in [0.15, 0.2) is 4.32 Å². The summed E-state index contributed by atoms with van der Waals surface area (Å²) in [5.41, 5.74) is 1.53. The van der Waals surface area contributed by atoms with Crippen molar-refractivity contribution in [1.29, 1.82) is 0 Å². The number of hydrogen-bond acceptors (Lipinski definition) is 4. The summed E-state index contributed by atoms with van der Waals surface area (Å²) in [5, 5.41) is 0.818. The average Bonchev–Trinajstić information content (AvgIpc) is 3.03. The molecule has 0 unspecified atom stereocenters. The molecule has 1 saturated heterocycles. The number of unbranched alkanes of at least 4 members (excludes halogenated alkanes) is 5. The number of ether oxygens (including phenoxy) is 1. The molecule has 1 aliphatic heterocycles. The van der Waals surface area contributed by atoms with Gasteiger partial charge in [0.05, 0.1) is 27.2 Å². The lowest BCUT2D eigenvalue weighted by Gasteiger charge is -2.15. The molecule has 2 aromatic rings. The molecule has 0 saturated carbocycles. The minimum atomic E-state index is -0.170. The standard InChI is InChI=1S/C24H25Cl2NO2S2/c1-2-3-4-5-6-7-14-29-19-11-8-17(9-12-19)15-22-23(28)27(24(30)31-22)18-10-13-20(25)21(26)16-18/h8-13,15-16H,2-7,14H2,1H3. The van der Waals surface area contributed by atoms with Crippen LogP contribution < -0.4 is 9.64 Å². The Morgan fingerprint density at radius 2 is 1.71 bits per heavy atom. The minimum absolute atomic E-state index is 0.170. The molecule has 0 aliphatic carbocycles. The quantitative estimate of drug-likeness (QED) is 0.189. The summed E-state index contributed by atoms with van der Waals surface area (Å²) in [6.45, 7) is 2.96. The molecular weight excluding hydrogens is 469 g/mol. The Hall–Kier alpha value is -1.53. The van der Waals surface area contributed by atoms with E-state index in [-0.39, 0.29) is 5.91 Å². The predicted molar refractivity (Wildman–Crippen MR) is 137 cm³/mol. The summed E-state index contributed by atoms with van der Waals surface area (Å²) in [7, 11) is 0. The molecule has 7 heteroatoms. The van der Waals surface area contributed by atoms with E-state index in [1.807, 2.05) is 30.3 Å². The molecule has 164 valence electrons. The van der Waals surface area contributed by atoms with Gasteiger partial charge >= 0.3 is 0 Å². The summed E-state index contributed by atoms with van der Waals surface area (Å²) < 4.78 is 6.29. The van der Waals surface area contributed by atoms with Gasteiger partial charge in [0.1, 0.15) is 5.75 Å². The Bertz CT molecular complexity index is 961. The number of anilines is 1. The van der Waals surface area contributed by atoms with Gasteiger partial charge < -0.3 is 4.74 Å². The fourth-order valence-electron chi connectivity index (χ4n) is 3.20. The highest BCUT2D eigenvalue weighted by molar-refractivity contribution is 8.27. The van der Waals surface area contributed by atoms with Crippen LogP contribution in [0.15, 0.2) is 47.4 Å². The van der Waals surface area contributed by atoms with Crippen LogP contribution in [0, 0.1) is 0 Å². The maximum absolute atomic E-state index is 12.9. The van der Waals surface area contributed by atoms with Crippen LogP contribution in [0.25, 0.3) is 6.08 Å². The zero-order chi connectivity index (χ0) is 22.2. The summed E-state index contributed by atoms with van der Waals surface area (Å²) in [5.74, 6) is 0.672. The smallest absolute Gasteiger partial charge is 0.270 e. The fraction of sp³-hybridized carbons (Fsp3) is 0.333. The van der Waals surface area contributed by atoms with Crippen LogP contribution in [-0.2, 0) is 4.79 Å². The molecule has 31 heavy (non-hydrogen) atoms. The van der Waals surface area contributed by atoms with Crippen LogP contribution in [0.1, 0.15) is 51.0 Å². The highest BCUT2D eigenvalue weighted by Crippen LogP contribution is 2.38. The normalized spacial score (nSPS) is 15.2. The van der Waals surface area contributed by atoms with Crippen molar-refractivity contribution in [3.05, 3.63) is 63.0 Å². The van der Waals surface area contributed by atoms with E-state index in [4.69, 9.17) is 40.2 Å². The first-order valence-corrected chi connectivity index (χ1v) is 12.4. The largest absolute Gasteiger partial charge is 0.494 e. The maximum Gasteiger partial charge on any atom is 0.270 e. The molecular formula is C24H25Cl2NO2S2. The Morgan fingerprint density at radius 1 is 1.00 bits per heavy atom. The fourth-order valence-corrected chi connectivity index (χ4v) is 4.79. The Balaban J connectivity index is 1.57. The van der Waals surface area contributed by atoms with Gasteiger partial charge in [-0.25, -0.2) is 0 Å². The highest BCUT2D eigenvalue weighted by Gasteiger charge is 2.33. The lowest BCUT2D eigenvalue weighted by atomic mass is 10.1. The first kappa shape index (κ1) is 24.1. The van der Waals surface area contributed by atoms with E-state index in [9.17, 15) is 4.79 Å². The number of rotatable bonds is 10. The molecule has 2 aromatic carbocycles. The van der Waals surface area contributed by atoms with E-state index in [0.29, 0.717) is 25.0 Å². The molecule has 0 atom stereocenters. The van der Waals surface area contributed by atoms with E-state index in [2.05, 4.69) is 6.92 Å². The van der Waals surface area contributed by atoms with Crippen LogP contribution in [0.3, 0.4) is 0 Å². The molecule has 1 aliphatic rings. The number of halogens is 2. The number of carbonyl (C=O) groups is 1. The predicted octanol–water partition coefficient (Wildman–Crippen LogP) is 8.14. The van der Waals surface area contributed by atoms with Crippen molar-refractivity contribution >= 4 is 69.2 Å². The Morgan fingerprint density at radius 3 is 2.42 bits per heavy atom. The Kier molecular flexibility index (Phi) is 9.27. The Labute approximate surface area is 203 Å². The number of hydrogen-bond donors (Lipinski definition) is 0. The lowest BCUT2D eigenvalue weighted by Crippen LogP contribution is -2.27. The molecule has 0 spiro atoms. The van der Waals surface area contributed by atoms with Gasteiger partial charge in [-0.1, -0.05) is 98.3 Å². The monoisotopic (exact) mass is 493 g/mol. The van der Waals surface area contributed by atoms with E-state index in [0.717, 1.165) is 24.3 Å². The summed E-state index contributed by atoms with van der Waals surface area (Å²) in [6, 6.07) is 12.8. The van der Waals surface area contributed by atoms with Gasteiger partial charge in [0.2, 0.25) is 0 Å². The molecule has 0 N–H and O–H groups in total. The van der Waals surface area contributed by atoms with Crippen molar-refractivity contribution in [1.82, 2.24) is 0 Å². The first-order chi connectivity index (χ1) is 15.0. The molecule has 1 amide bonds. The molecule has 1 fully saturated rings. The summed E-state index contributed by atoms with van der Waals surface area (Å²) in [4.78, 5) is 14.9. The first-order valence-electron chi connectivity index (χ1n) is 10.5. The lowest BCUT2D eigenvalue weighted by molar-refractivity contribution is -0.113. The van der Waals surface area contributed by atoms with Gasteiger partial charge in [0, 0.05) is 0 Å². The third-order valence-electron chi connectivity index (χ3n) is 4.90. The zero-order valence-electron chi connectivity index (χ0n) is 17.4. The van der Waals surface area contributed by atoms with Crippen molar-refractivity contribution in [2.45, 2.75) is 45.4 Å². The third-order valence-corrected chi connectivity index (χ3v) is 6.94. The van der Waals surface area contributed by atoms with Crippen LogP contribution in [-0.4, -0.2) is 16.8 Å². The van der Waals surface area contributed by atoms with Crippen molar-refractivity contribution in [2.75, 3.05) is 11.5 Å². The van der Waals surface area contributed by atoms with Crippen LogP contribution in [0.5, 0.6) is 5.75 Å². The van der Waals surface area contributed by atoms with E-state index >= 15 is 0 Å². The van der Waals surface area contributed by atoms with Gasteiger partial charge in [-0.2, -0.15) is 0 Å². The van der Waals surface area contributed by atoms with Crippen LogP contribution in [0.2, 0.25) is 10.0 Å².